The molecule has 0 unspecified atom stereocenters. The van der Waals surface area contributed by atoms with E-state index in [0.717, 1.165) is 16.8 Å². The van der Waals surface area contributed by atoms with Crippen molar-refractivity contribution in [1.82, 2.24) is 5.32 Å². The first-order chi connectivity index (χ1) is 12.8. The minimum Gasteiger partial charge on any atom is -0.376 e. The van der Waals surface area contributed by atoms with E-state index in [1.807, 2.05) is 60.7 Å². The molecular formula is C22H19N3O. The number of hydrogen-bond donors (Lipinski definition) is 2. The average Bonchev–Trinajstić information content (AvgIpc) is 2.72. The molecule has 4 nitrogen and oxygen atoms in total. The Kier molecular flexibility index (Phi) is 5.64. The largest absolute Gasteiger partial charge is 0.376 e. The van der Waals surface area contributed by atoms with Gasteiger partial charge in [0.15, 0.2) is 0 Å². The average molecular weight is 341 g/mol. The molecule has 26 heavy (non-hydrogen) atoms. The predicted octanol–water partition coefficient (Wildman–Crippen LogP) is 3.88. The molecule has 0 aliphatic carbocycles. The zero-order chi connectivity index (χ0) is 18.2. The van der Waals surface area contributed by atoms with E-state index < -0.39 is 0 Å². The number of benzene rings is 3. The van der Waals surface area contributed by atoms with Crippen molar-refractivity contribution in [3.8, 4) is 6.07 Å². The van der Waals surface area contributed by atoms with Gasteiger partial charge in [-0.15, -0.1) is 0 Å². The lowest BCUT2D eigenvalue weighted by Gasteiger charge is -2.20. The van der Waals surface area contributed by atoms with Gasteiger partial charge in [-0.3, -0.25) is 4.79 Å². The number of nitrogens with zero attached hydrogens (tertiary/aromatic N) is 1. The molecule has 0 bridgehead atoms. The van der Waals surface area contributed by atoms with Crippen molar-refractivity contribution in [1.29, 1.82) is 5.26 Å². The number of amides is 1. The monoisotopic (exact) mass is 341 g/mol. The van der Waals surface area contributed by atoms with Gasteiger partial charge in [-0.05, 0) is 35.4 Å². The summed E-state index contributed by atoms with van der Waals surface area (Å²) in [5, 5.41) is 15.0. The first-order valence-electron chi connectivity index (χ1n) is 8.39. The normalized spacial score (nSPS) is 10.2. The van der Waals surface area contributed by atoms with Crippen LogP contribution in [0.5, 0.6) is 0 Å². The zero-order valence-corrected chi connectivity index (χ0v) is 14.2. The van der Waals surface area contributed by atoms with Crippen molar-refractivity contribution in [2.24, 2.45) is 0 Å². The van der Waals surface area contributed by atoms with E-state index in [0.29, 0.717) is 5.56 Å². The van der Waals surface area contributed by atoms with Gasteiger partial charge in [-0.1, -0.05) is 60.7 Å². The predicted molar refractivity (Wildman–Crippen MR) is 103 cm³/mol. The lowest BCUT2D eigenvalue weighted by molar-refractivity contribution is -0.119. The van der Waals surface area contributed by atoms with Crippen LogP contribution in [0, 0.1) is 11.3 Å². The van der Waals surface area contributed by atoms with E-state index in [2.05, 4.69) is 16.7 Å². The van der Waals surface area contributed by atoms with Crippen LogP contribution in [0.2, 0.25) is 0 Å². The van der Waals surface area contributed by atoms with Gasteiger partial charge in [-0.25, -0.2) is 0 Å². The summed E-state index contributed by atoms with van der Waals surface area (Å²) in [6, 6.07) is 28.7. The molecule has 0 saturated heterocycles. The van der Waals surface area contributed by atoms with Crippen LogP contribution in [0.3, 0.4) is 0 Å². The molecule has 0 saturated carbocycles. The molecule has 2 N–H and O–H groups in total. The first-order valence-corrected chi connectivity index (χ1v) is 8.39. The maximum atomic E-state index is 12.5. The molecule has 0 aliphatic rings. The molecule has 1 amide bonds. The van der Waals surface area contributed by atoms with Crippen LogP contribution < -0.4 is 10.6 Å². The lowest BCUT2D eigenvalue weighted by atomic mass is 9.99. The van der Waals surface area contributed by atoms with Crippen LogP contribution in [-0.2, 0) is 4.79 Å². The van der Waals surface area contributed by atoms with Crippen molar-refractivity contribution in [2.45, 2.75) is 6.04 Å². The van der Waals surface area contributed by atoms with Gasteiger partial charge in [0, 0.05) is 5.69 Å². The molecule has 3 aromatic carbocycles. The number of carbonyl (C=O) groups is 1. The molecule has 3 aromatic rings. The van der Waals surface area contributed by atoms with Crippen LogP contribution in [0.1, 0.15) is 22.7 Å². The Morgan fingerprint density at radius 3 is 1.88 bits per heavy atom. The van der Waals surface area contributed by atoms with Crippen molar-refractivity contribution < 1.29 is 4.79 Å². The Bertz CT molecular complexity index is 845. The summed E-state index contributed by atoms with van der Waals surface area (Å²) in [5.41, 5.74) is 3.46. The third-order valence-electron chi connectivity index (χ3n) is 4.04. The molecule has 0 spiro atoms. The van der Waals surface area contributed by atoms with Crippen molar-refractivity contribution in [3.63, 3.8) is 0 Å². The quantitative estimate of drug-likeness (QED) is 0.715. The van der Waals surface area contributed by atoms with Crippen molar-refractivity contribution in [2.75, 3.05) is 11.9 Å². The summed E-state index contributed by atoms with van der Waals surface area (Å²) >= 11 is 0. The number of hydrogen-bond acceptors (Lipinski definition) is 3. The third-order valence-corrected chi connectivity index (χ3v) is 4.04. The van der Waals surface area contributed by atoms with Gasteiger partial charge in [-0.2, -0.15) is 5.26 Å². The summed E-state index contributed by atoms with van der Waals surface area (Å²) in [7, 11) is 0. The van der Waals surface area contributed by atoms with Crippen LogP contribution in [0.4, 0.5) is 5.69 Å². The number of nitriles is 1. The molecule has 4 heteroatoms. The number of carbonyl (C=O) groups excluding carboxylic acids is 1. The topological polar surface area (TPSA) is 64.9 Å². The molecule has 3 rings (SSSR count). The van der Waals surface area contributed by atoms with Crippen molar-refractivity contribution in [3.05, 3.63) is 102 Å². The van der Waals surface area contributed by atoms with Gasteiger partial charge in [0.2, 0.25) is 5.91 Å². The fourth-order valence-electron chi connectivity index (χ4n) is 2.71. The van der Waals surface area contributed by atoms with E-state index in [4.69, 9.17) is 5.26 Å². The fraction of sp³-hybridized carbons (Fsp3) is 0.0909. The standard InChI is InChI=1S/C22H19N3O/c23-15-17-11-13-20(14-12-17)24-16-21(26)25-22(18-7-3-1-4-8-18)19-9-5-2-6-10-19/h1-14,22,24H,16H2,(H,25,26). The first kappa shape index (κ1) is 17.2. The van der Waals surface area contributed by atoms with Crippen LogP contribution in [0.15, 0.2) is 84.9 Å². The third kappa shape index (κ3) is 4.49. The number of anilines is 1. The number of rotatable bonds is 6. The SMILES string of the molecule is N#Cc1ccc(NCC(=O)NC(c2ccccc2)c2ccccc2)cc1. The molecule has 0 aliphatic heterocycles. The highest BCUT2D eigenvalue weighted by molar-refractivity contribution is 5.81. The van der Waals surface area contributed by atoms with Gasteiger partial charge in [0.25, 0.3) is 0 Å². The minimum absolute atomic E-state index is 0.105. The molecule has 128 valence electrons. The summed E-state index contributed by atoms with van der Waals surface area (Å²) < 4.78 is 0. The fourth-order valence-corrected chi connectivity index (χ4v) is 2.71. The second-order valence-electron chi connectivity index (χ2n) is 5.86. The molecule has 0 radical (unpaired) electrons. The van der Waals surface area contributed by atoms with E-state index in [9.17, 15) is 4.79 Å². The van der Waals surface area contributed by atoms with Gasteiger partial charge in [0.05, 0.1) is 24.2 Å². The Hall–Kier alpha value is -3.58. The number of nitrogens with one attached hydrogen (secondary N) is 2. The van der Waals surface area contributed by atoms with Gasteiger partial charge >= 0.3 is 0 Å². The Labute approximate surface area is 153 Å². The highest BCUT2D eigenvalue weighted by Crippen LogP contribution is 2.21. The zero-order valence-electron chi connectivity index (χ0n) is 14.2. The highest BCUT2D eigenvalue weighted by atomic mass is 16.1. The van der Waals surface area contributed by atoms with Crippen LogP contribution >= 0.6 is 0 Å². The summed E-state index contributed by atoms with van der Waals surface area (Å²) in [4.78, 5) is 12.5. The van der Waals surface area contributed by atoms with E-state index in [-0.39, 0.29) is 18.5 Å². The maximum absolute atomic E-state index is 12.5. The molecule has 0 aromatic heterocycles. The van der Waals surface area contributed by atoms with Gasteiger partial charge in [0.1, 0.15) is 0 Å². The van der Waals surface area contributed by atoms with Gasteiger partial charge < -0.3 is 10.6 Å². The minimum atomic E-state index is -0.201. The molecule has 0 fully saturated rings. The van der Waals surface area contributed by atoms with Crippen molar-refractivity contribution >= 4 is 11.6 Å². The Morgan fingerprint density at radius 1 is 0.846 bits per heavy atom. The van der Waals surface area contributed by atoms with E-state index in [1.54, 1.807) is 24.3 Å². The molecule has 0 atom stereocenters. The van der Waals surface area contributed by atoms with Crippen LogP contribution in [0.25, 0.3) is 0 Å². The Balaban J connectivity index is 1.68. The second kappa shape index (κ2) is 8.50. The summed E-state index contributed by atoms with van der Waals surface area (Å²) in [6.07, 6.45) is 0. The molecule has 0 heterocycles. The summed E-state index contributed by atoms with van der Waals surface area (Å²) in [5.74, 6) is -0.105. The lowest BCUT2D eigenvalue weighted by Crippen LogP contribution is -2.33. The maximum Gasteiger partial charge on any atom is 0.240 e. The van der Waals surface area contributed by atoms with E-state index >= 15 is 0 Å². The smallest absolute Gasteiger partial charge is 0.240 e. The summed E-state index contributed by atoms with van der Waals surface area (Å²) in [6.45, 7) is 0.155. The van der Waals surface area contributed by atoms with Crippen LogP contribution in [-0.4, -0.2) is 12.5 Å². The second-order valence-corrected chi connectivity index (χ2v) is 5.86. The molecular weight excluding hydrogens is 322 g/mol. The Morgan fingerprint density at radius 2 is 1.38 bits per heavy atom. The van der Waals surface area contributed by atoms with E-state index in [1.165, 1.54) is 0 Å². The highest BCUT2D eigenvalue weighted by Gasteiger charge is 2.16.